The van der Waals surface area contributed by atoms with Gasteiger partial charge in [0.15, 0.2) is 0 Å². The van der Waals surface area contributed by atoms with E-state index >= 15 is 0 Å². The molecule has 0 spiro atoms. The summed E-state index contributed by atoms with van der Waals surface area (Å²) >= 11 is 0. The van der Waals surface area contributed by atoms with E-state index in [0.29, 0.717) is 6.42 Å². The number of unbranched alkanes of at least 4 members (excludes halogenated alkanes) is 6. The van der Waals surface area contributed by atoms with E-state index in [2.05, 4.69) is 6.92 Å². The van der Waals surface area contributed by atoms with Gasteiger partial charge in [-0.05, 0) is 25.7 Å². The van der Waals surface area contributed by atoms with Gasteiger partial charge >= 0.3 is 5.97 Å². The lowest BCUT2D eigenvalue weighted by molar-refractivity contribution is -0.137. The first kappa shape index (κ1) is 20.9. The zero-order valence-corrected chi connectivity index (χ0v) is 13.8. The van der Waals surface area contributed by atoms with Crippen molar-refractivity contribution >= 4 is 5.97 Å². The van der Waals surface area contributed by atoms with Crippen LogP contribution in [-0.4, -0.2) is 33.5 Å². The molecule has 0 bridgehead atoms. The second-order valence-electron chi connectivity index (χ2n) is 5.71. The molecule has 0 saturated carbocycles. The Labute approximate surface area is 134 Å². The van der Waals surface area contributed by atoms with Crippen molar-refractivity contribution in [2.75, 3.05) is 0 Å². The third-order valence-corrected chi connectivity index (χ3v) is 3.56. The SMILES string of the molecule is CCCCCC[C@H](O)[C@@H](O)C=CC=CCCCCCC(=O)O. The molecule has 3 N–H and O–H groups in total. The number of aliphatic hydroxyl groups excluding tert-OH is 2. The van der Waals surface area contributed by atoms with E-state index in [1.54, 1.807) is 12.2 Å². The van der Waals surface area contributed by atoms with Crippen molar-refractivity contribution in [1.29, 1.82) is 0 Å². The number of aliphatic hydroxyl groups is 2. The fraction of sp³-hybridized carbons (Fsp3) is 0.722. The lowest BCUT2D eigenvalue weighted by Gasteiger charge is -2.13. The molecule has 0 aromatic heterocycles. The number of hydrogen-bond acceptors (Lipinski definition) is 3. The molecule has 0 aliphatic heterocycles. The normalized spacial score (nSPS) is 14.7. The van der Waals surface area contributed by atoms with E-state index in [4.69, 9.17) is 5.11 Å². The van der Waals surface area contributed by atoms with Gasteiger partial charge in [0.05, 0.1) is 12.2 Å². The number of carbonyl (C=O) groups is 1. The number of carboxylic acids is 1. The summed E-state index contributed by atoms with van der Waals surface area (Å²) in [6.45, 7) is 2.15. The maximum Gasteiger partial charge on any atom is 0.303 e. The largest absolute Gasteiger partial charge is 0.481 e. The first-order valence-electron chi connectivity index (χ1n) is 8.49. The maximum atomic E-state index is 10.3. The molecule has 0 aromatic rings. The Bertz CT molecular complexity index is 323. The standard InChI is InChI=1S/C18H32O4/c1-2-3-4-10-13-16(19)17(20)14-11-8-6-5-7-9-12-15-18(21)22/h6,8,11,14,16-17,19-20H,2-5,7,9-10,12-13,15H2,1H3,(H,21,22)/t16-,17-/m0/s1. The highest BCUT2D eigenvalue weighted by Gasteiger charge is 2.11. The van der Waals surface area contributed by atoms with E-state index in [9.17, 15) is 15.0 Å². The Balaban J connectivity index is 3.63. The van der Waals surface area contributed by atoms with Gasteiger partial charge in [-0.1, -0.05) is 63.3 Å². The number of allylic oxidation sites excluding steroid dienone is 3. The van der Waals surface area contributed by atoms with Gasteiger partial charge in [-0.3, -0.25) is 4.79 Å². The van der Waals surface area contributed by atoms with Gasteiger partial charge in [0, 0.05) is 6.42 Å². The van der Waals surface area contributed by atoms with Gasteiger partial charge in [-0.2, -0.15) is 0 Å². The van der Waals surface area contributed by atoms with Crippen molar-refractivity contribution in [3.05, 3.63) is 24.3 Å². The fourth-order valence-electron chi connectivity index (χ4n) is 2.15. The molecule has 4 nitrogen and oxygen atoms in total. The lowest BCUT2D eigenvalue weighted by Crippen LogP contribution is -2.23. The maximum absolute atomic E-state index is 10.3. The minimum absolute atomic E-state index is 0.242. The van der Waals surface area contributed by atoms with Crippen molar-refractivity contribution in [2.24, 2.45) is 0 Å². The summed E-state index contributed by atoms with van der Waals surface area (Å²) in [5.74, 6) is -0.735. The van der Waals surface area contributed by atoms with Gasteiger partial charge in [0.25, 0.3) is 0 Å². The number of aliphatic carboxylic acids is 1. The smallest absolute Gasteiger partial charge is 0.303 e. The monoisotopic (exact) mass is 312 g/mol. The Hall–Kier alpha value is -1.13. The fourth-order valence-corrected chi connectivity index (χ4v) is 2.15. The summed E-state index contributed by atoms with van der Waals surface area (Å²) < 4.78 is 0. The first-order chi connectivity index (χ1) is 10.6. The van der Waals surface area contributed by atoms with E-state index in [1.165, 1.54) is 12.8 Å². The molecule has 0 amide bonds. The highest BCUT2D eigenvalue weighted by atomic mass is 16.4. The van der Waals surface area contributed by atoms with Crippen molar-refractivity contribution < 1.29 is 20.1 Å². The van der Waals surface area contributed by atoms with E-state index in [1.807, 2.05) is 12.2 Å². The van der Waals surface area contributed by atoms with E-state index in [-0.39, 0.29) is 6.42 Å². The zero-order valence-electron chi connectivity index (χ0n) is 13.8. The third kappa shape index (κ3) is 13.8. The average molecular weight is 312 g/mol. The minimum Gasteiger partial charge on any atom is -0.481 e. The molecule has 22 heavy (non-hydrogen) atoms. The zero-order chi connectivity index (χ0) is 16.6. The minimum atomic E-state index is -0.804. The van der Waals surface area contributed by atoms with E-state index in [0.717, 1.165) is 38.5 Å². The van der Waals surface area contributed by atoms with Gasteiger partial charge < -0.3 is 15.3 Å². The highest BCUT2D eigenvalue weighted by molar-refractivity contribution is 5.66. The molecule has 0 aliphatic rings. The van der Waals surface area contributed by atoms with E-state index < -0.39 is 18.2 Å². The van der Waals surface area contributed by atoms with Gasteiger partial charge in [-0.15, -0.1) is 0 Å². The van der Waals surface area contributed by atoms with Crippen LogP contribution in [0.25, 0.3) is 0 Å². The van der Waals surface area contributed by atoms with Crippen LogP contribution in [0.15, 0.2) is 24.3 Å². The van der Waals surface area contributed by atoms with Crippen LogP contribution in [0, 0.1) is 0 Å². The molecule has 0 aliphatic carbocycles. The van der Waals surface area contributed by atoms with Crippen molar-refractivity contribution in [2.45, 2.75) is 83.3 Å². The van der Waals surface area contributed by atoms with Crippen molar-refractivity contribution in [3.8, 4) is 0 Å². The number of rotatable bonds is 14. The summed E-state index contributed by atoms with van der Waals surface area (Å²) in [6.07, 6.45) is 14.5. The molecule has 0 rings (SSSR count). The molecule has 128 valence electrons. The van der Waals surface area contributed by atoms with Crippen LogP contribution >= 0.6 is 0 Å². The molecule has 4 heteroatoms. The van der Waals surface area contributed by atoms with Crippen molar-refractivity contribution in [1.82, 2.24) is 0 Å². The average Bonchev–Trinajstić information content (AvgIpc) is 2.49. The van der Waals surface area contributed by atoms with Gasteiger partial charge in [0.2, 0.25) is 0 Å². The Morgan fingerprint density at radius 3 is 2.41 bits per heavy atom. The van der Waals surface area contributed by atoms with Gasteiger partial charge in [0.1, 0.15) is 0 Å². The predicted molar refractivity (Wildman–Crippen MR) is 89.8 cm³/mol. The van der Waals surface area contributed by atoms with Crippen LogP contribution in [0.3, 0.4) is 0 Å². The van der Waals surface area contributed by atoms with Gasteiger partial charge in [-0.25, -0.2) is 0 Å². The number of carboxylic acid groups (broad SMARTS) is 1. The highest BCUT2D eigenvalue weighted by Crippen LogP contribution is 2.09. The Morgan fingerprint density at radius 1 is 1.00 bits per heavy atom. The molecular formula is C18H32O4. The quantitative estimate of drug-likeness (QED) is 0.336. The summed E-state index contributed by atoms with van der Waals surface area (Å²) in [4.78, 5) is 10.3. The molecule has 0 unspecified atom stereocenters. The summed E-state index contributed by atoms with van der Waals surface area (Å²) in [6, 6.07) is 0. The third-order valence-electron chi connectivity index (χ3n) is 3.56. The Morgan fingerprint density at radius 2 is 1.73 bits per heavy atom. The van der Waals surface area contributed by atoms with Crippen molar-refractivity contribution in [3.63, 3.8) is 0 Å². The molecular weight excluding hydrogens is 280 g/mol. The second kappa shape index (κ2) is 14.8. The van der Waals surface area contributed by atoms with Crippen LogP contribution in [-0.2, 0) is 4.79 Å². The molecule has 0 saturated heterocycles. The molecule has 0 radical (unpaired) electrons. The summed E-state index contributed by atoms with van der Waals surface area (Å²) in [7, 11) is 0. The second-order valence-corrected chi connectivity index (χ2v) is 5.71. The Kier molecular flexibility index (Phi) is 14.0. The molecule has 0 aromatic carbocycles. The number of hydrogen-bond donors (Lipinski definition) is 3. The molecule has 0 heterocycles. The lowest BCUT2D eigenvalue weighted by atomic mass is 10.0. The van der Waals surface area contributed by atoms with Crippen LogP contribution in [0.1, 0.15) is 71.1 Å². The van der Waals surface area contributed by atoms with Crippen LogP contribution in [0.5, 0.6) is 0 Å². The first-order valence-corrected chi connectivity index (χ1v) is 8.49. The predicted octanol–water partition coefficient (Wildman–Crippen LogP) is 3.83. The topological polar surface area (TPSA) is 77.8 Å². The summed E-state index contributed by atoms with van der Waals surface area (Å²) in [5, 5.41) is 28.1. The molecule has 0 fully saturated rings. The summed E-state index contributed by atoms with van der Waals surface area (Å²) in [5.41, 5.74) is 0. The van der Waals surface area contributed by atoms with Crippen LogP contribution in [0.2, 0.25) is 0 Å². The van der Waals surface area contributed by atoms with Crippen LogP contribution < -0.4 is 0 Å². The molecule has 2 atom stereocenters. The van der Waals surface area contributed by atoms with Crippen LogP contribution in [0.4, 0.5) is 0 Å².